The summed E-state index contributed by atoms with van der Waals surface area (Å²) in [5.41, 5.74) is -1.41. The number of carbonyl (C=O) groups is 1. The zero-order valence-electron chi connectivity index (χ0n) is 6.99. The third-order valence-corrected chi connectivity index (χ3v) is 1.96. The lowest BCUT2D eigenvalue weighted by Gasteiger charge is -2.03. The molecular weight excluding hydrogens is 278 g/mol. The number of hydrogen-bond donors (Lipinski definition) is 0. The van der Waals surface area contributed by atoms with Gasteiger partial charge in [0.25, 0.3) is 6.43 Å². The van der Waals surface area contributed by atoms with Crippen molar-refractivity contribution < 1.29 is 18.5 Å². The van der Waals surface area contributed by atoms with E-state index in [4.69, 9.17) is 0 Å². The van der Waals surface area contributed by atoms with Gasteiger partial charge in [0.1, 0.15) is 5.56 Å². The zero-order chi connectivity index (χ0) is 11.6. The largest absolute Gasteiger partial charge is 0.374 e. The smallest absolute Gasteiger partial charge is 0.358 e. The number of hydrogen-bond acceptors (Lipinski definition) is 4. The van der Waals surface area contributed by atoms with Gasteiger partial charge in [0, 0.05) is 27.6 Å². The second-order valence-corrected chi connectivity index (χ2v) is 3.26. The number of carbonyl (C=O) groups excluding carboxylic acids is 1. The Kier molecular flexibility index (Phi) is 3.40. The molecule has 1 heterocycles. The van der Waals surface area contributed by atoms with Gasteiger partial charge in [-0.2, -0.15) is 0 Å². The lowest BCUT2D eigenvalue weighted by atomic mass is 10.1. The Labute approximate surface area is 90.4 Å². The molecule has 0 atom stereocenters. The number of pyridine rings is 1. The van der Waals surface area contributed by atoms with Crippen LogP contribution >= 0.6 is 15.9 Å². The van der Waals surface area contributed by atoms with E-state index in [-0.39, 0.29) is 10.9 Å². The number of alkyl halides is 2. The van der Waals surface area contributed by atoms with Gasteiger partial charge in [0.15, 0.2) is 6.29 Å². The summed E-state index contributed by atoms with van der Waals surface area (Å²) >= 11 is 2.79. The molecule has 8 heteroatoms. The van der Waals surface area contributed by atoms with Crippen molar-refractivity contribution in [3.8, 4) is 0 Å². The Bertz CT molecular complexity index is 425. The monoisotopic (exact) mass is 280 g/mol. The molecule has 1 rings (SSSR count). The predicted octanol–water partition coefficient (Wildman–Crippen LogP) is 2.50. The van der Waals surface area contributed by atoms with E-state index < -0.39 is 28.3 Å². The molecule has 0 spiro atoms. The van der Waals surface area contributed by atoms with E-state index in [2.05, 4.69) is 20.9 Å². The van der Waals surface area contributed by atoms with Gasteiger partial charge in [-0.1, -0.05) is 0 Å². The highest BCUT2D eigenvalue weighted by Crippen LogP contribution is 2.31. The van der Waals surface area contributed by atoms with Crippen molar-refractivity contribution in [2.45, 2.75) is 6.43 Å². The van der Waals surface area contributed by atoms with Crippen LogP contribution in [0, 0.1) is 10.1 Å². The molecule has 0 radical (unpaired) electrons. The van der Waals surface area contributed by atoms with Crippen molar-refractivity contribution in [1.29, 1.82) is 0 Å². The summed E-state index contributed by atoms with van der Waals surface area (Å²) in [6.45, 7) is 0. The number of nitro groups is 1. The summed E-state index contributed by atoms with van der Waals surface area (Å²) in [4.78, 5) is 23.1. The fourth-order valence-electron chi connectivity index (χ4n) is 0.989. The molecule has 0 aliphatic rings. The van der Waals surface area contributed by atoms with Gasteiger partial charge in [-0.05, 0) is 9.91 Å². The summed E-state index contributed by atoms with van der Waals surface area (Å²) < 4.78 is 24.9. The highest BCUT2D eigenvalue weighted by Gasteiger charge is 2.28. The minimum atomic E-state index is -3.12. The van der Waals surface area contributed by atoms with Crippen LogP contribution in [0.1, 0.15) is 22.3 Å². The molecule has 0 saturated carbocycles. The minimum absolute atomic E-state index is 0.0410. The van der Waals surface area contributed by atoms with Crippen LogP contribution in [0.5, 0.6) is 0 Å². The molecule has 1 aromatic rings. The first-order valence-electron chi connectivity index (χ1n) is 3.55. The molecule has 0 amide bonds. The number of nitrogens with zero attached hydrogens (tertiary/aromatic N) is 2. The summed E-state index contributed by atoms with van der Waals surface area (Å²) in [6.07, 6.45) is -2.99. The van der Waals surface area contributed by atoms with E-state index in [0.717, 1.165) is 6.07 Å². The van der Waals surface area contributed by atoms with Crippen LogP contribution in [0.4, 0.5) is 14.6 Å². The van der Waals surface area contributed by atoms with Gasteiger partial charge in [-0.25, -0.2) is 8.78 Å². The van der Waals surface area contributed by atoms with E-state index >= 15 is 0 Å². The quantitative estimate of drug-likeness (QED) is 0.369. The molecule has 0 saturated heterocycles. The fourth-order valence-corrected chi connectivity index (χ4v) is 1.40. The molecule has 0 unspecified atom stereocenters. The lowest BCUT2D eigenvalue weighted by Crippen LogP contribution is -2.03. The Hall–Kier alpha value is -1.44. The highest BCUT2D eigenvalue weighted by molar-refractivity contribution is 9.10. The van der Waals surface area contributed by atoms with Crippen molar-refractivity contribution in [3.05, 3.63) is 31.9 Å². The normalized spacial score (nSPS) is 10.4. The summed E-state index contributed by atoms with van der Waals surface area (Å²) in [7, 11) is 0. The van der Waals surface area contributed by atoms with E-state index in [1.807, 2.05) is 0 Å². The molecule has 0 aliphatic carbocycles. The number of rotatable bonds is 3. The van der Waals surface area contributed by atoms with E-state index in [9.17, 15) is 23.7 Å². The SMILES string of the molecule is O=Cc1cc(Br)nc([N+](=O)[O-])c1C(F)F. The Balaban J connectivity index is 3.54. The molecule has 80 valence electrons. The Morgan fingerprint density at radius 1 is 1.60 bits per heavy atom. The number of aldehydes is 1. The van der Waals surface area contributed by atoms with E-state index in [1.54, 1.807) is 0 Å². The average Bonchev–Trinajstić information content (AvgIpc) is 2.15. The first kappa shape index (κ1) is 11.6. The van der Waals surface area contributed by atoms with Gasteiger partial charge in [-0.15, -0.1) is 0 Å². The first-order chi connectivity index (χ1) is 6.97. The van der Waals surface area contributed by atoms with Crippen LogP contribution in [0.25, 0.3) is 0 Å². The molecule has 15 heavy (non-hydrogen) atoms. The maximum Gasteiger partial charge on any atom is 0.374 e. The lowest BCUT2D eigenvalue weighted by molar-refractivity contribution is -0.391. The summed E-state index contributed by atoms with van der Waals surface area (Å²) in [5, 5.41) is 10.4. The molecular formula is C7H3BrF2N2O3. The molecule has 0 aliphatic heterocycles. The standard InChI is InChI=1S/C7H3BrF2N2O3/c8-4-1-3(2-13)5(6(9)10)7(11-4)12(14)15/h1-2,6H. The molecule has 0 N–H and O–H groups in total. The van der Waals surface area contributed by atoms with Crippen molar-refractivity contribution >= 4 is 28.0 Å². The topological polar surface area (TPSA) is 73.1 Å². The van der Waals surface area contributed by atoms with Crippen LogP contribution in [0.15, 0.2) is 10.7 Å². The van der Waals surface area contributed by atoms with Crippen molar-refractivity contribution in [2.24, 2.45) is 0 Å². The minimum Gasteiger partial charge on any atom is -0.358 e. The van der Waals surface area contributed by atoms with Gasteiger partial charge in [0.05, 0.1) is 0 Å². The summed E-state index contributed by atoms with van der Waals surface area (Å²) in [5.74, 6) is -1.01. The van der Waals surface area contributed by atoms with Gasteiger partial charge in [0.2, 0.25) is 4.60 Å². The molecule has 1 aromatic heterocycles. The highest BCUT2D eigenvalue weighted by atomic mass is 79.9. The second kappa shape index (κ2) is 4.39. The van der Waals surface area contributed by atoms with Gasteiger partial charge >= 0.3 is 5.82 Å². The Morgan fingerprint density at radius 3 is 2.60 bits per heavy atom. The van der Waals surface area contributed by atoms with Gasteiger partial charge in [-0.3, -0.25) is 4.79 Å². The third-order valence-electron chi connectivity index (χ3n) is 1.56. The van der Waals surface area contributed by atoms with Gasteiger partial charge < -0.3 is 10.1 Å². The zero-order valence-corrected chi connectivity index (χ0v) is 8.57. The first-order valence-corrected chi connectivity index (χ1v) is 4.34. The second-order valence-electron chi connectivity index (χ2n) is 2.45. The fraction of sp³-hybridized carbons (Fsp3) is 0.143. The average molecular weight is 281 g/mol. The van der Waals surface area contributed by atoms with Crippen LogP contribution < -0.4 is 0 Å². The number of halogens is 3. The molecule has 0 fully saturated rings. The summed E-state index contributed by atoms with van der Waals surface area (Å²) in [6, 6.07) is 1.00. The molecule has 0 aromatic carbocycles. The van der Waals surface area contributed by atoms with Crippen LogP contribution in [0.3, 0.4) is 0 Å². The van der Waals surface area contributed by atoms with E-state index in [0.29, 0.717) is 0 Å². The third kappa shape index (κ3) is 2.32. The predicted molar refractivity (Wildman–Crippen MR) is 48.9 cm³/mol. The van der Waals surface area contributed by atoms with Crippen molar-refractivity contribution in [3.63, 3.8) is 0 Å². The van der Waals surface area contributed by atoms with Crippen LogP contribution in [-0.4, -0.2) is 16.2 Å². The maximum absolute atomic E-state index is 12.4. The maximum atomic E-state index is 12.4. The van der Waals surface area contributed by atoms with E-state index in [1.165, 1.54) is 0 Å². The Morgan fingerprint density at radius 2 is 2.20 bits per heavy atom. The van der Waals surface area contributed by atoms with Crippen LogP contribution in [0.2, 0.25) is 0 Å². The molecule has 0 bridgehead atoms. The van der Waals surface area contributed by atoms with Crippen molar-refractivity contribution in [2.75, 3.05) is 0 Å². The van der Waals surface area contributed by atoms with Crippen LogP contribution in [-0.2, 0) is 0 Å². The van der Waals surface area contributed by atoms with Crippen molar-refractivity contribution in [1.82, 2.24) is 4.98 Å². The molecule has 5 nitrogen and oxygen atoms in total. The number of aromatic nitrogens is 1.